The number of likely N-dealkylation sites (tertiary alicyclic amines) is 1. The molecule has 1 aromatic heterocycles. The maximum absolute atomic E-state index is 13.1. The van der Waals surface area contributed by atoms with Gasteiger partial charge in [-0.05, 0) is 49.8 Å². The third kappa shape index (κ3) is 4.60. The molecule has 2 aromatic rings. The van der Waals surface area contributed by atoms with Gasteiger partial charge in [-0.15, -0.1) is 0 Å². The topological polar surface area (TPSA) is 103 Å². The molecule has 1 fully saturated rings. The van der Waals surface area contributed by atoms with Gasteiger partial charge in [-0.2, -0.15) is 0 Å². The number of phenolic OH excluding ortho intramolecular Hbond substituents is 1. The second-order valence-corrected chi connectivity index (χ2v) is 7.42. The fourth-order valence-electron chi connectivity index (χ4n) is 3.88. The molecule has 170 valence electrons. The van der Waals surface area contributed by atoms with Crippen LogP contribution in [0.5, 0.6) is 11.5 Å². The molecule has 1 aliphatic rings. The Hall–Kier alpha value is -3.39. The maximum atomic E-state index is 13.1. The number of amides is 1. The first-order chi connectivity index (χ1) is 15.4. The highest BCUT2D eigenvalue weighted by Gasteiger charge is 2.46. The lowest BCUT2D eigenvalue weighted by molar-refractivity contribution is -0.140. The highest BCUT2D eigenvalue weighted by molar-refractivity contribution is 6.46. The number of pyridine rings is 1. The van der Waals surface area contributed by atoms with E-state index < -0.39 is 17.7 Å². The molecule has 1 atom stereocenters. The van der Waals surface area contributed by atoms with Gasteiger partial charge in [0.25, 0.3) is 11.7 Å². The number of likely N-dealkylation sites (N-methyl/N-ethyl adjacent to an activating group) is 1. The molecule has 2 N–H and O–H groups in total. The first kappa shape index (κ1) is 23.3. The zero-order valence-corrected chi connectivity index (χ0v) is 18.6. The van der Waals surface area contributed by atoms with Gasteiger partial charge in [-0.25, -0.2) is 0 Å². The van der Waals surface area contributed by atoms with Crippen LogP contribution in [0.25, 0.3) is 5.76 Å². The number of carbonyl (C=O) groups is 2. The molecular weight excluding hydrogens is 410 g/mol. The van der Waals surface area contributed by atoms with Crippen LogP contribution in [0.3, 0.4) is 0 Å². The van der Waals surface area contributed by atoms with E-state index in [0.29, 0.717) is 30.8 Å². The number of ether oxygens (including phenoxy) is 1. The number of aromatic hydroxyl groups is 1. The summed E-state index contributed by atoms with van der Waals surface area (Å²) in [4.78, 5) is 33.7. The normalized spacial score (nSPS) is 17.9. The van der Waals surface area contributed by atoms with Crippen LogP contribution in [0.2, 0.25) is 0 Å². The maximum Gasteiger partial charge on any atom is 0.295 e. The summed E-state index contributed by atoms with van der Waals surface area (Å²) in [7, 11) is 0. The van der Waals surface area contributed by atoms with E-state index in [-0.39, 0.29) is 22.8 Å². The fraction of sp³-hybridized carbons (Fsp3) is 0.375. The Bertz CT molecular complexity index is 1000. The van der Waals surface area contributed by atoms with Gasteiger partial charge in [0, 0.05) is 31.0 Å². The quantitative estimate of drug-likeness (QED) is 0.352. The molecule has 8 nitrogen and oxygen atoms in total. The molecule has 0 saturated carbocycles. The molecule has 1 unspecified atom stereocenters. The summed E-state index contributed by atoms with van der Waals surface area (Å²) >= 11 is 0. The number of Topliss-reactive ketones (excluding diaryl/α,β-unsaturated/α-hetero) is 1. The van der Waals surface area contributed by atoms with Crippen LogP contribution in [-0.2, 0) is 9.59 Å². The van der Waals surface area contributed by atoms with Crippen LogP contribution in [0.4, 0.5) is 0 Å². The van der Waals surface area contributed by atoms with Crippen LogP contribution >= 0.6 is 0 Å². The van der Waals surface area contributed by atoms with Gasteiger partial charge in [-0.1, -0.05) is 19.9 Å². The summed E-state index contributed by atoms with van der Waals surface area (Å²) in [5.41, 5.74) is 0.977. The highest BCUT2D eigenvalue weighted by Crippen LogP contribution is 2.41. The molecule has 0 aliphatic carbocycles. The Kier molecular flexibility index (Phi) is 7.48. The molecule has 0 radical (unpaired) electrons. The van der Waals surface area contributed by atoms with E-state index in [0.717, 1.165) is 13.1 Å². The van der Waals surface area contributed by atoms with E-state index >= 15 is 0 Å². The third-order valence-corrected chi connectivity index (χ3v) is 5.64. The summed E-state index contributed by atoms with van der Waals surface area (Å²) in [5, 5.41) is 21.1. The Balaban J connectivity index is 2.12. The van der Waals surface area contributed by atoms with Gasteiger partial charge < -0.3 is 24.7 Å². The standard InChI is InChI=1S/C24H29N3O5/c1-4-26(5-2)13-14-27-21(17-7-8-18(28)19(15-17)32-6-3)20(23(30)24(27)31)22(29)16-9-11-25-12-10-16/h7-12,15,21,28-29H,4-6,13-14H2,1-3H3. The average Bonchev–Trinajstić information content (AvgIpc) is 3.06. The second kappa shape index (κ2) is 10.3. The van der Waals surface area contributed by atoms with Gasteiger partial charge in [0.15, 0.2) is 11.5 Å². The molecule has 1 amide bonds. The summed E-state index contributed by atoms with van der Waals surface area (Å²) in [6.45, 7) is 8.74. The summed E-state index contributed by atoms with van der Waals surface area (Å²) < 4.78 is 5.51. The van der Waals surface area contributed by atoms with Crippen molar-refractivity contribution in [3.63, 3.8) is 0 Å². The lowest BCUT2D eigenvalue weighted by Gasteiger charge is -2.28. The van der Waals surface area contributed by atoms with Crippen molar-refractivity contribution in [2.45, 2.75) is 26.8 Å². The summed E-state index contributed by atoms with van der Waals surface area (Å²) in [6, 6.07) is 7.07. The molecule has 8 heteroatoms. The van der Waals surface area contributed by atoms with Crippen LogP contribution in [0.15, 0.2) is 48.3 Å². The predicted octanol–water partition coefficient (Wildman–Crippen LogP) is 2.95. The van der Waals surface area contributed by atoms with E-state index in [2.05, 4.69) is 9.88 Å². The molecule has 32 heavy (non-hydrogen) atoms. The van der Waals surface area contributed by atoms with E-state index in [1.54, 1.807) is 31.2 Å². The predicted molar refractivity (Wildman–Crippen MR) is 120 cm³/mol. The number of aliphatic hydroxyl groups is 1. The Morgan fingerprint density at radius 1 is 1.12 bits per heavy atom. The smallest absolute Gasteiger partial charge is 0.295 e. The van der Waals surface area contributed by atoms with Gasteiger partial charge >= 0.3 is 0 Å². The number of hydrogen-bond acceptors (Lipinski definition) is 7. The number of hydrogen-bond donors (Lipinski definition) is 2. The van der Waals surface area contributed by atoms with Gasteiger partial charge in [0.2, 0.25) is 0 Å². The van der Waals surface area contributed by atoms with Crippen LogP contribution in [0.1, 0.15) is 37.9 Å². The third-order valence-electron chi connectivity index (χ3n) is 5.64. The SMILES string of the molecule is CCOc1cc(C2C(=C(O)c3ccncc3)C(=O)C(=O)N2CCN(CC)CC)ccc1O. The van der Waals surface area contributed by atoms with Crippen LogP contribution in [0, 0.1) is 0 Å². The van der Waals surface area contributed by atoms with Crippen molar-refractivity contribution in [3.05, 3.63) is 59.4 Å². The lowest BCUT2D eigenvalue weighted by Crippen LogP contribution is -2.38. The molecule has 1 saturated heterocycles. The van der Waals surface area contributed by atoms with Crippen molar-refractivity contribution in [2.24, 2.45) is 0 Å². The summed E-state index contributed by atoms with van der Waals surface area (Å²) in [5.74, 6) is -1.45. The first-order valence-electron chi connectivity index (χ1n) is 10.8. The number of benzene rings is 1. The molecule has 1 aromatic carbocycles. The zero-order valence-electron chi connectivity index (χ0n) is 18.6. The molecular formula is C24H29N3O5. The van der Waals surface area contributed by atoms with Crippen molar-refractivity contribution in [1.82, 2.24) is 14.8 Å². The number of nitrogens with zero attached hydrogens (tertiary/aromatic N) is 3. The highest BCUT2D eigenvalue weighted by atomic mass is 16.5. The molecule has 1 aliphatic heterocycles. The molecule has 3 rings (SSSR count). The number of ketones is 1. The van der Waals surface area contributed by atoms with Crippen molar-refractivity contribution in [3.8, 4) is 11.5 Å². The zero-order chi connectivity index (χ0) is 23.3. The van der Waals surface area contributed by atoms with Crippen molar-refractivity contribution >= 4 is 17.4 Å². The Labute approximate surface area is 187 Å². The van der Waals surface area contributed by atoms with Crippen LogP contribution in [-0.4, -0.2) is 69.5 Å². The van der Waals surface area contributed by atoms with Gasteiger partial charge in [0.05, 0.1) is 18.2 Å². The molecule has 2 heterocycles. The van der Waals surface area contributed by atoms with Gasteiger partial charge in [0.1, 0.15) is 5.76 Å². The van der Waals surface area contributed by atoms with Crippen molar-refractivity contribution in [1.29, 1.82) is 0 Å². The van der Waals surface area contributed by atoms with E-state index in [1.165, 1.54) is 23.4 Å². The van der Waals surface area contributed by atoms with E-state index in [9.17, 15) is 19.8 Å². The molecule has 0 bridgehead atoms. The Morgan fingerprint density at radius 3 is 2.44 bits per heavy atom. The molecule has 0 spiro atoms. The summed E-state index contributed by atoms with van der Waals surface area (Å²) in [6.07, 6.45) is 3.02. The second-order valence-electron chi connectivity index (χ2n) is 7.42. The van der Waals surface area contributed by atoms with Crippen LogP contribution < -0.4 is 4.74 Å². The minimum Gasteiger partial charge on any atom is -0.507 e. The number of phenols is 1. The Morgan fingerprint density at radius 2 is 1.81 bits per heavy atom. The van der Waals surface area contributed by atoms with E-state index in [4.69, 9.17) is 4.74 Å². The monoisotopic (exact) mass is 439 g/mol. The largest absolute Gasteiger partial charge is 0.507 e. The minimum atomic E-state index is -0.807. The van der Waals surface area contributed by atoms with Crippen molar-refractivity contribution < 1.29 is 24.5 Å². The first-order valence-corrected chi connectivity index (χ1v) is 10.8. The fourth-order valence-corrected chi connectivity index (χ4v) is 3.88. The minimum absolute atomic E-state index is 0.00823. The van der Waals surface area contributed by atoms with Gasteiger partial charge in [-0.3, -0.25) is 14.6 Å². The number of carbonyl (C=O) groups excluding carboxylic acids is 2. The van der Waals surface area contributed by atoms with E-state index in [1.807, 2.05) is 13.8 Å². The average molecular weight is 440 g/mol. The number of rotatable bonds is 9. The van der Waals surface area contributed by atoms with Crippen molar-refractivity contribution in [2.75, 3.05) is 32.8 Å². The number of aromatic nitrogens is 1. The lowest BCUT2D eigenvalue weighted by atomic mass is 9.95. The number of aliphatic hydroxyl groups excluding tert-OH is 1.